The van der Waals surface area contributed by atoms with Crippen LogP contribution in [-0.2, 0) is 5.41 Å². The molecule has 0 aliphatic heterocycles. The Hall–Kier alpha value is -3.47. The van der Waals surface area contributed by atoms with Crippen molar-refractivity contribution in [1.82, 2.24) is 15.2 Å². The van der Waals surface area contributed by atoms with Gasteiger partial charge in [0.2, 0.25) is 17.7 Å². The fourth-order valence-electron chi connectivity index (χ4n) is 3.18. The van der Waals surface area contributed by atoms with Gasteiger partial charge in [-0.25, -0.2) is 4.98 Å². The number of rotatable bonds is 5. The van der Waals surface area contributed by atoms with Gasteiger partial charge in [-0.1, -0.05) is 55.8 Å². The molecule has 2 aromatic heterocycles. The monoisotopic (exact) mass is 385 g/mol. The van der Waals surface area contributed by atoms with Gasteiger partial charge in [0.05, 0.1) is 5.56 Å². The minimum atomic E-state index is -0.0890. The smallest absolute Gasteiger partial charge is 0.249 e. The first-order chi connectivity index (χ1) is 13.9. The maximum absolute atomic E-state index is 5.89. The molecule has 0 atom stereocenters. The highest BCUT2D eigenvalue weighted by atomic mass is 16.5. The van der Waals surface area contributed by atoms with Crippen LogP contribution >= 0.6 is 0 Å². The number of aromatic nitrogens is 3. The summed E-state index contributed by atoms with van der Waals surface area (Å²) in [5.41, 5.74) is 4.44. The second kappa shape index (κ2) is 7.51. The number of hydrogen-bond acceptors (Lipinski definition) is 5. The van der Waals surface area contributed by atoms with Crippen molar-refractivity contribution in [2.45, 2.75) is 33.1 Å². The van der Waals surface area contributed by atoms with E-state index in [1.807, 2.05) is 18.2 Å². The van der Waals surface area contributed by atoms with Crippen LogP contribution in [0.25, 0.3) is 11.5 Å². The lowest BCUT2D eigenvalue weighted by Gasteiger charge is -2.26. The predicted octanol–water partition coefficient (Wildman–Crippen LogP) is 5.87. The fourth-order valence-corrected chi connectivity index (χ4v) is 3.18. The Labute approximate surface area is 170 Å². The van der Waals surface area contributed by atoms with Crippen LogP contribution < -0.4 is 4.74 Å². The van der Waals surface area contributed by atoms with Gasteiger partial charge in [-0.2, -0.15) is 0 Å². The van der Waals surface area contributed by atoms with Crippen molar-refractivity contribution in [2.24, 2.45) is 0 Å². The predicted molar refractivity (Wildman–Crippen MR) is 112 cm³/mol. The Kier molecular flexibility index (Phi) is 4.89. The summed E-state index contributed by atoms with van der Waals surface area (Å²) in [6, 6.07) is 20.5. The molecule has 0 N–H and O–H groups in total. The van der Waals surface area contributed by atoms with Crippen molar-refractivity contribution >= 4 is 0 Å². The van der Waals surface area contributed by atoms with Gasteiger partial charge in [0.25, 0.3) is 0 Å². The van der Waals surface area contributed by atoms with E-state index >= 15 is 0 Å². The Bertz CT molecular complexity index is 1100. The molecule has 146 valence electrons. The number of nitrogens with zero attached hydrogens (tertiary/aromatic N) is 3. The van der Waals surface area contributed by atoms with E-state index in [9.17, 15) is 0 Å². The zero-order chi connectivity index (χ0) is 20.4. The molecule has 0 aliphatic rings. The van der Waals surface area contributed by atoms with Gasteiger partial charge in [0, 0.05) is 24.6 Å². The van der Waals surface area contributed by atoms with Crippen LogP contribution in [0.3, 0.4) is 0 Å². The Balaban J connectivity index is 1.48. The summed E-state index contributed by atoms with van der Waals surface area (Å²) in [5, 5.41) is 7.83. The number of ether oxygens (including phenoxy) is 1. The van der Waals surface area contributed by atoms with Crippen LogP contribution in [0, 0.1) is 13.8 Å². The molecule has 0 bridgehead atoms. The molecule has 0 aliphatic carbocycles. The molecule has 2 heterocycles. The quantitative estimate of drug-likeness (QED) is 0.430. The van der Waals surface area contributed by atoms with Crippen molar-refractivity contribution in [3.05, 3.63) is 89.4 Å². The van der Waals surface area contributed by atoms with E-state index in [4.69, 9.17) is 9.15 Å². The van der Waals surface area contributed by atoms with E-state index in [2.05, 4.69) is 72.4 Å². The summed E-state index contributed by atoms with van der Waals surface area (Å²) in [7, 11) is 0. The lowest BCUT2D eigenvalue weighted by atomic mass is 9.78. The standard InChI is InChI=1S/C24H23N3O2/c1-16-5-8-19(9-6-16)24(3,4)20-10-12-21(13-11-20)29-22-14-7-18(15-25-22)23-27-26-17(2)28-23/h5-15H,1-4H3. The maximum atomic E-state index is 5.89. The number of hydrogen-bond donors (Lipinski definition) is 0. The van der Waals surface area contributed by atoms with Crippen LogP contribution in [-0.4, -0.2) is 15.2 Å². The van der Waals surface area contributed by atoms with Gasteiger partial charge in [-0.3, -0.25) is 0 Å². The molecule has 5 nitrogen and oxygen atoms in total. The highest BCUT2D eigenvalue weighted by Crippen LogP contribution is 2.33. The molecule has 0 fully saturated rings. The molecular weight excluding hydrogens is 362 g/mol. The van der Waals surface area contributed by atoms with Gasteiger partial charge >= 0.3 is 0 Å². The van der Waals surface area contributed by atoms with E-state index in [0.717, 1.165) is 11.3 Å². The lowest BCUT2D eigenvalue weighted by molar-refractivity contribution is 0.462. The van der Waals surface area contributed by atoms with E-state index in [-0.39, 0.29) is 5.41 Å². The van der Waals surface area contributed by atoms with Crippen molar-refractivity contribution in [2.75, 3.05) is 0 Å². The summed E-state index contributed by atoms with van der Waals surface area (Å²) in [4.78, 5) is 4.34. The zero-order valence-electron chi connectivity index (χ0n) is 17.0. The summed E-state index contributed by atoms with van der Waals surface area (Å²) in [5.74, 6) is 2.22. The average molecular weight is 385 g/mol. The van der Waals surface area contributed by atoms with E-state index in [1.54, 1.807) is 19.2 Å². The molecule has 0 saturated heterocycles. The van der Waals surface area contributed by atoms with Crippen LogP contribution in [0.15, 0.2) is 71.3 Å². The SMILES string of the molecule is Cc1ccc(C(C)(C)c2ccc(Oc3ccc(-c4nnc(C)o4)cn3)cc2)cc1. The highest BCUT2D eigenvalue weighted by molar-refractivity contribution is 5.51. The summed E-state index contributed by atoms with van der Waals surface area (Å²) < 4.78 is 11.3. The van der Waals surface area contributed by atoms with Crippen molar-refractivity contribution in [3.63, 3.8) is 0 Å². The van der Waals surface area contributed by atoms with Crippen molar-refractivity contribution in [3.8, 4) is 23.1 Å². The molecular formula is C24H23N3O2. The zero-order valence-corrected chi connectivity index (χ0v) is 17.0. The van der Waals surface area contributed by atoms with Gasteiger partial charge in [0.1, 0.15) is 5.75 Å². The normalized spacial score (nSPS) is 11.4. The second-order valence-electron chi connectivity index (χ2n) is 7.63. The van der Waals surface area contributed by atoms with Gasteiger partial charge < -0.3 is 9.15 Å². The lowest BCUT2D eigenvalue weighted by Crippen LogP contribution is -2.18. The molecule has 4 aromatic rings. The first kappa shape index (κ1) is 18.9. The van der Waals surface area contributed by atoms with E-state index in [1.165, 1.54) is 16.7 Å². The average Bonchev–Trinajstić information content (AvgIpc) is 3.16. The second-order valence-corrected chi connectivity index (χ2v) is 7.63. The van der Waals surface area contributed by atoms with E-state index < -0.39 is 0 Å². The Morgan fingerprint density at radius 2 is 1.45 bits per heavy atom. The number of aryl methyl sites for hydroxylation is 2. The molecule has 4 rings (SSSR count). The third-order valence-electron chi connectivity index (χ3n) is 5.08. The Morgan fingerprint density at radius 1 is 0.793 bits per heavy atom. The third-order valence-corrected chi connectivity index (χ3v) is 5.08. The van der Waals surface area contributed by atoms with Crippen LogP contribution in [0.4, 0.5) is 0 Å². The summed E-state index contributed by atoms with van der Waals surface area (Å²) >= 11 is 0. The molecule has 2 aromatic carbocycles. The van der Waals surface area contributed by atoms with E-state index in [0.29, 0.717) is 17.7 Å². The minimum Gasteiger partial charge on any atom is -0.439 e. The Morgan fingerprint density at radius 3 is 2.00 bits per heavy atom. The van der Waals surface area contributed by atoms with Crippen LogP contribution in [0.1, 0.15) is 36.4 Å². The molecule has 29 heavy (non-hydrogen) atoms. The first-order valence-electron chi connectivity index (χ1n) is 9.54. The molecule has 5 heteroatoms. The summed E-state index contributed by atoms with van der Waals surface area (Å²) in [6.45, 7) is 8.32. The van der Waals surface area contributed by atoms with Crippen LogP contribution in [0.2, 0.25) is 0 Å². The number of pyridine rings is 1. The topological polar surface area (TPSA) is 61.0 Å². The van der Waals surface area contributed by atoms with Crippen LogP contribution in [0.5, 0.6) is 11.6 Å². The molecule has 0 unspecified atom stereocenters. The van der Waals surface area contributed by atoms with Crippen molar-refractivity contribution < 1.29 is 9.15 Å². The van der Waals surface area contributed by atoms with Gasteiger partial charge in [-0.05, 0) is 36.2 Å². The molecule has 0 spiro atoms. The maximum Gasteiger partial charge on any atom is 0.249 e. The van der Waals surface area contributed by atoms with Crippen molar-refractivity contribution in [1.29, 1.82) is 0 Å². The largest absolute Gasteiger partial charge is 0.439 e. The minimum absolute atomic E-state index is 0.0890. The number of benzene rings is 2. The third kappa shape index (κ3) is 4.04. The molecule has 0 radical (unpaired) electrons. The molecule has 0 saturated carbocycles. The fraction of sp³-hybridized carbons (Fsp3) is 0.208. The molecule has 0 amide bonds. The van der Waals surface area contributed by atoms with Gasteiger partial charge in [0.15, 0.2) is 0 Å². The highest BCUT2D eigenvalue weighted by Gasteiger charge is 2.22. The summed E-state index contributed by atoms with van der Waals surface area (Å²) in [6.07, 6.45) is 1.66. The first-order valence-corrected chi connectivity index (χ1v) is 9.54. The van der Waals surface area contributed by atoms with Gasteiger partial charge in [-0.15, -0.1) is 10.2 Å².